The number of amides is 2. The molecule has 20 atom stereocenters. The summed E-state index contributed by atoms with van der Waals surface area (Å²) < 4.78 is 118. The Balaban J connectivity index is 0.000000551. The van der Waals surface area contributed by atoms with E-state index in [4.69, 9.17) is 53.1 Å². The van der Waals surface area contributed by atoms with Gasteiger partial charge in [-0.05, 0) is 75.7 Å². The Morgan fingerprint density at radius 1 is 0.489 bits per heavy atom. The van der Waals surface area contributed by atoms with Crippen LogP contribution in [0, 0.1) is 0 Å². The molecule has 34 nitrogen and oxygen atoms in total. The highest BCUT2D eigenvalue weighted by atomic mass is 32.2. The lowest BCUT2D eigenvalue weighted by molar-refractivity contribution is -0.280. The lowest BCUT2D eigenvalue weighted by Gasteiger charge is -2.37. The first-order valence-corrected chi connectivity index (χ1v) is 31.7. The molecule has 0 aromatic carbocycles. The van der Waals surface area contributed by atoms with E-state index in [0.29, 0.717) is 6.54 Å². The fourth-order valence-corrected chi connectivity index (χ4v) is 9.52. The summed E-state index contributed by atoms with van der Waals surface area (Å²) >= 11 is 0. The number of methoxy groups -OCH3 is 1. The van der Waals surface area contributed by atoms with Crippen LogP contribution in [0.5, 0.6) is 0 Å². The molecule has 0 aliphatic carbocycles. The third-order valence-electron chi connectivity index (χ3n) is 12.6. The Kier molecular flexibility index (Phi) is 38.8. The number of rotatable bonds is 23. The maximum Gasteiger partial charge on any atom is 0.404 e. The average Bonchev–Trinajstić information content (AvgIpc) is 3.10. The van der Waals surface area contributed by atoms with Crippen molar-refractivity contribution in [1.82, 2.24) is 10.0 Å². The molecule has 0 spiro atoms. The molecule has 36 heteroatoms. The van der Waals surface area contributed by atoms with Gasteiger partial charge < -0.3 is 119 Å². The van der Waals surface area contributed by atoms with Gasteiger partial charge in [-0.1, -0.05) is 0 Å². The smallest absolute Gasteiger partial charge is 0.404 e. The normalized spacial score (nSPS) is 33.6. The molecule has 0 aromatic heterocycles. The summed E-state index contributed by atoms with van der Waals surface area (Å²) in [4.78, 5) is 32.5. The van der Waals surface area contributed by atoms with Crippen LogP contribution < -0.4 is 15.8 Å². The number of nitrogens with two attached hydrogens (primary N) is 1. The molecule has 0 bridgehead atoms. The second kappa shape index (κ2) is 41.0. The van der Waals surface area contributed by atoms with Gasteiger partial charge in [-0.15, -0.1) is 0 Å². The van der Waals surface area contributed by atoms with Gasteiger partial charge >= 0.3 is 22.4 Å². The number of esters is 1. The molecule has 2 amide bonds. The lowest BCUT2D eigenvalue weighted by Crippen LogP contribution is -2.52. The van der Waals surface area contributed by atoms with Crippen LogP contribution in [0.25, 0.3) is 0 Å². The molecule has 0 aromatic rings. The van der Waals surface area contributed by atoms with Crippen molar-refractivity contribution in [1.29, 1.82) is 0 Å². The van der Waals surface area contributed by atoms with E-state index in [1.54, 1.807) is 55.4 Å². The third kappa shape index (κ3) is 32.7. The highest BCUT2D eigenvalue weighted by Gasteiger charge is 2.43. The summed E-state index contributed by atoms with van der Waals surface area (Å²) in [5.74, 6) is -0.940. The van der Waals surface area contributed by atoms with Gasteiger partial charge in [0.1, 0.15) is 37.1 Å². The van der Waals surface area contributed by atoms with Crippen molar-refractivity contribution < 1.29 is 147 Å². The van der Waals surface area contributed by atoms with Crippen molar-refractivity contribution in [2.75, 3.05) is 46.8 Å². The van der Waals surface area contributed by atoms with Gasteiger partial charge in [0.05, 0.1) is 113 Å². The molecule has 0 unspecified atom stereocenters. The van der Waals surface area contributed by atoms with Crippen molar-refractivity contribution in [3.05, 3.63) is 0 Å². The van der Waals surface area contributed by atoms with E-state index in [2.05, 4.69) is 27.9 Å². The van der Waals surface area contributed by atoms with E-state index in [0.717, 1.165) is 14.2 Å². The SMILES string of the molecule is CC(=O)NC[C@@H]1C[C@@H](O)[C@@H](O)[C@H](OC(C)C)O1.CC(C)O[C@@H]1O[C@H](COC(N)=O)C[C@@H](O)[C@H]1O.COC(=O)[C@@H]1C[C@@H](O)[C@@H](O)[C@H](OC(C)C)O1.COS(=O)(=O)CC[C@@H]1C[C@@H](O)[C@@H](O)[C@H](OC(C)C)O1.COS(=O)(=O)NC[C@@H]1C[C@@H](O)[C@@H](O)[C@H](OC(C)C)O1. The van der Waals surface area contributed by atoms with Gasteiger partial charge in [-0.25, -0.2) is 9.59 Å². The number of nitrogens with one attached hydrogen (secondary N) is 2. The zero-order valence-electron chi connectivity index (χ0n) is 52.4. The largest absolute Gasteiger partial charge is 0.467 e. The molecule has 5 saturated heterocycles. The maximum absolute atomic E-state index is 11.3. The molecule has 5 aliphatic heterocycles. The molecular formula is C52H101N3O31S2. The molecule has 5 rings (SSSR count). The van der Waals surface area contributed by atoms with Crippen LogP contribution in [0.15, 0.2) is 0 Å². The monoisotopic (exact) mass is 1330 g/mol. The van der Waals surface area contributed by atoms with Crippen LogP contribution in [-0.2, 0) is 95.2 Å². The molecule has 5 fully saturated rings. The standard InChI is InChI=1S/C11H21NO5.C11H22O7S.C10H21NO7S.C10H19NO6.C10H18O6/c1-6(2)16-11-10(15)9(14)4-8(17-11)5-12-7(3)13;1-7(2)17-11-10(13)9(12)6-8(18-11)4-5-19(14,15)16-3;1-6(2)17-10-9(13)8(12)4-7(18-10)5-11-19(14,15)16-3;1-5(2)16-9-8(13)7(12)3-6(17-9)4-15-10(11)14;1-5(2)15-10-8(12)6(11)4-7(16-10)9(13)14-3/h6,8-11,14-15H,4-5H2,1-3H3,(H,12,13);7-13H,4-6H2,1-3H3;6-13H,4-5H2,1-3H3;5-9,12-13H,3-4H2,1-2H3,(H2,11,14);5-8,10-12H,4H2,1-3H3/t8-,9+,10+,11+;8-,9-,10-,11-;7-,8+,9+,10+;6-,7+,8+,9+;6-,7+,8-,10-/m01001/s1. The first-order chi connectivity index (χ1) is 40.7. The first-order valence-electron chi connectivity index (χ1n) is 28.7. The molecule has 88 heavy (non-hydrogen) atoms. The van der Waals surface area contributed by atoms with E-state index >= 15 is 0 Å². The molecule has 14 N–H and O–H groups in total. The number of carbonyl (C=O) groups is 3. The Bertz CT molecular complexity index is 2060. The van der Waals surface area contributed by atoms with Crippen molar-refractivity contribution in [3.63, 3.8) is 0 Å². The highest BCUT2D eigenvalue weighted by molar-refractivity contribution is 7.86. The number of hydrogen-bond donors (Lipinski definition) is 13. The van der Waals surface area contributed by atoms with E-state index in [1.807, 2.05) is 13.8 Å². The predicted octanol–water partition coefficient (Wildman–Crippen LogP) is -3.51. The van der Waals surface area contributed by atoms with Gasteiger partial charge in [0.15, 0.2) is 37.6 Å². The van der Waals surface area contributed by atoms with Gasteiger partial charge in [-0.2, -0.15) is 21.6 Å². The fraction of sp³-hybridized carbons (Fsp3) is 0.942. The van der Waals surface area contributed by atoms with Crippen LogP contribution in [0.2, 0.25) is 0 Å². The van der Waals surface area contributed by atoms with Crippen molar-refractivity contribution in [2.45, 2.75) is 268 Å². The van der Waals surface area contributed by atoms with E-state index in [-0.39, 0.29) is 100.0 Å². The molecule has 522 valence electrons. The summed E-state index contributed by atoms with van der Waals surface area (Å²) in [5.41, 5.74) is 4.83. The second-order valence-electron chi connectivity index (χ2n) is 22.2. The number of primary amides is 1. The minimum atomic E-state index is -3.81. The minimum Gasteiger partial charge on any atom is -0.467 e. The van der Waals surface area contributed by atoms with E-state index in [1.165, 1.54) is 14.0 Å². The van der Waals surface area contributed by atoms with Gasteiger partial charge in [0.25, 0.3) is 10.1 Å². The number of ether oxygens (including phenoxy) is 12. The molecule has 5 aliphatic rings. The third-order valence-corrected chi connectivity index (χ3v) is 14.8. The van der Waals surface area contributed by atoms with Gasteiger partial charge in [-0.3, -0.25) is 13.2 Å². The quantitative estimate of drug-likeness (QED) is 0.0349. The topological polar surface area (TPSA) is 501 Å². The summed E-state index contributed by atoms with van der Waals surface area (Å²) in [5, 5.41) is 99.3. The Morgan fingerprint density at radius 3 is 1.16 bits per heavy atom. The fourth-order valence-electron chi connectivity index (χ4n) is 8.29. The summed E-state index contributed by atoms with van der Waals surface area (Å²) in [6, 6.07) is 0. The predicted molar refractivity (Wildman–Crippen MR) is 303 cm³/mol. The van der Waals surface area contributed by atoms with Crippen LogP contribution >= 0.6 is 0 Å². The van der Waals surface area contributed by atoms with Gasteiger partial charge in [0.2, 0.25) is 5.91 Å². The Hall–Kier alpha value is -2.81. The molecule has 5 heterocycles. The average molecular weight is 1330 g/mol. The van der Waals surface area contributed by atoms with Crippen molar-refractivity contribution in [2.24, 2.45) is 5.73 Å². The zero-order chi connectivity index (χ0) is 67.6. The molecular weight excluding hydrogens is 1230 g/mol. The summed E-state index contributed by atoms with van der Waals surface area (Å²) in [7, 11) is -3.99. The van der Waals surface area contributed by atoms with Crippen molar-refractivity contribution >= 4 is 38.4 Å². The maximum atomic E-state index is 11.3. The number of hydrogen-bond acceptors (Lipinski definition) is 31. The van der Waals surface area contributed by atoms with Crippen LogP contribution in [0.3, 0.4) is 0 Å². The second-order valence-corrected chi connectivity index (χ2v) is 25.6. The molecule has 0 saturated carbocycles. The molecule has 0 radical (unpaired) electrons. The summed E-state index contributed by atoms with van der Waals surface area (Å²) in [6.45, 7) is 19.4. The lowest BCUT2D eigenvalue weighted by atomic mass is 10.0. The number of aliphatic hydroxyl groups excluding tert-OH is 10. The number of carbonyl (C=O) groups excluding carboxylic acids is 3. The van der Waals surface area contributed by atoms with Crippen LogP contribution in [-0.4, -0.2) is 286 Å². The van der Waals surface area contributed by atoms with E-state index < -0.39 is 149 Å². The highest BCUT2D eigenvalue weighted by Crippen LogP contribution is 2.28. The minimum absolute atomic E-state index is 0.00575. The van der Waals surface area contributed by atoms with Crippen LogP contribution in [0.4, 0.5) is 4.79 Å². The van der Waals surface area contributed by atoms with Gasteiger partial charge in [0, 0.05) is 52.1 Å². The number of aliphatic hydroxyl groups is 10. The summed E-state index contributed by atoms with van der Waals surface area (Å²) in [6.07, 6.45) is -19.0. The Morgan fingerprint density at radius 2 is 0.818 bits per heavy atom. The van der Waals surface area contributed by atoms with Crippen molar-refractivity contribution in [3.8, 4) is 0 Å². The zero-order valence-corrected chi connectivity index (χ0v) is 54.1. The van der Waals surface area contributed by atoms with E-state index in [9.17, 15) is 82.3 Å². The Labute approximate surface area is 515 Å². The van der Waals surface area contributed by atoms with Crippen LogP contribution in [0.1, 0.15) is 115 Å². The first kappa shape index (κ1) is 83.2.